The fourth-order valence-corrected chi connectivity index (χ4v) is 7.15. The highest BCUT2D eigenvalue weighted by Gasteiger charge is 2.16. The van der Waals surface area contributed by atoms with Crippen LogP contribution >= 0.6 is 0 Å². The molecule has 0 saturated carbocycles. The van der Waals surface area contributed by atoms with Crippen LogP contribution in [-0.2, 0) is 44.7 Å². The first-order valence-corrected chi connectivity index (χ1v) is 21.9. The number of ether oxygens (including phenoxy) is 2. The third kappa shape index (κ3) is 21.2. The normalized spacial score (nSPS) is 12.0. The van der Waals surface area contributed by atoms with Gasteiger partial charge in [0.15, 0.2) is 6.10 Å². The van der Waals surface area contributed by atoms with Crippen LogP contribution in [0.3, 0.4) is 0 Å². The molecular formula is C46H78O7. The minimum Gasteiger partial charge on any atom is -0.466 e. The molecule has 0 aliphatic carbocycles. The summed E-state index contributed by atoms with van der Waals surface area (Å²) in [5.74, 6) is 4.07. The summed E-state index contributed by atoms with van der Waals surface area (Å²) in [4.78, 5) is 24.5. The fraction of sp³-hybridized carbons (Fsp3) is 0.783. The maximum absolute atomic E-state index is 12.3. The van der Waals surface area contributed by atoms with Crippen molar-refractivity contribution in [3.63, 3.8) is 0 Å². The summed E-state index contributed by atoms with van der Waals surface area (Å²) in [7, 11) is 0. The number of unbranched alkanes of at least 4 members (excludes halogenated alkanes) is 18. The van der Waals surface area contributed by atoms with Gasteiger partial charge in [0.2, 0.25) is 0 Å². The predicted molar refractivity (Wildman–Crippen MR) is 217 cm³/mol. The third-order valence-corrected chi connectivity index (χ3v) is 10.7. The Hall–Kier alpha value is -2.54. The summed E-state index contributed by atoms with van der Waals surface area (Å²) >= 11 is 0. The standard InChI is InChI=1S/C46H78O7/c1-6-8-23-29-40-34-37(3)42(51-40)30-24-19-15-11-9-10-12-17-21-26-32-45(48)50-36-41(35-47)52-46(49)33-27-22-18-14-13-16-20-25-31-44-39(5)38(4)43(53-44)28-7-2/h34,41,47H,6-33,35-36H2,1-5H3/t41-/m0/s1. The maximum Gasteiger partial charge on any atom is 0.306 e. The Morgan fingerprint density at radius 1 is 0.566 bits per heavy atom. The van der Waals surface area contributed by atoms with E-state index in [9.17, 15) is 14.7 Å². The zero-order valence-electron chi connectivity index (χ0n) is 34.8. The number of furan rings is 2. The van der Waals surface area contributed by atoms with Gasteiger partial charge in [0.05, 0.1) is 6.61 Å². The molecule has 53 heavy (non-hydrogen) atoms. The predicted octanol–water partition coefficient (Wildman–Crippen LogP) is 12.5. The molecule has 0 aliphatic rings. The Balaban J connectivity index is 1.36. The summed E-state index contributed by atoms with van der Waals surface area (Å²) in [6, 6.07) is 2.24. The summed E-state index contributed by atoms with van der Waals surface area (Å²) in [5.41, 5.74) is 3.98. The lowest BCUT2D eigenvalue weighted by molar-refractivity contribution is -0.161. The minimum absolute atomic E-state index is 0.0821. The van der Waals surface area contributed by atoms with Crippen molar-refractivity contribution in [2.24, 2.45) is 0 Å². The first-order chi connectivity index (χ1) is 25.8. The molecule has 0 radical (unpaired) electrons. The van der Waals surface area contributed by atoms with Crippen molar-refractivity contribution in [1.82, 2.24) is 0 Å². The third-order valence-electron chi connectivity index (χ3n) is 10.7. The van der Waals surface area contributed by atoms with Crippen LogP contribution in [0, 0.1) is 20.8 Å². The van der Waals surface area contributed by atoms with Crippen LogP contribution < -0.4 is 0 Å². The van der Waals surface area contributed by atoms with Gasteiger partial charge in [0, 0.05) is 38.5 Å². The van der Waals surface area contributed by atoms with Crippen molar-refractivity contribution in [1.29, 1.82) is 0 Å². The van der Waals surface area contributed by atoms with Crippen molar-refractivity contribution in [3.8, 4) is 0 Å². The molecule has 2 aromatic heterocycles. The second-order valence-electron chi connectivity index (χ2n) is 15.6. The van der Waals surface area contributed by atoms with Crippen LogP contribution in [0.2, 0.25) is 0 Å². The van der Waals surface area contributed by atoms with Crippen LogP contribution in [0.4, 0.5) is 0 Å². The maximum atomic E-state index is 12.3. The van der Waals surface area contributed by atoms with Gasteiger partial charge in [-0.05, 0) is 82.1 Å². The van der Waals surface area contributed by atoms with E-state index in [1.165, 1.54) is 125 Å². The summed E-state index contributed by atoms with van der Waals surface area (Å²) in [6.07, 6.45) is 29.6. The zero-order valence-corrected chi connectivity index (χ0v) is 34.8. The monoisotopic (exact) mass is 743 g/mol. The lowest BCUT2D eigenvalue weighted by Crippen LogP contribution is -2.28. The number of carbonyl (C=O) groups is 2. The molecule has 1 atom stereocenters. The Kier molecular flexibility index (Phi) is 26.2. The Morgan fingerprint density at radius 2 is 1.04 bits per heavy atom. The van der Waals surface area contributed by atoms with Gasteiger partial charge in [-0.25, -0.2) is 0 Å². The van der Waals surface area contributed by atoms with E-state index >= 15 is 0 Å². The van der Waals surface area contributed by atoms with Crippen LogP contribution in [0.5, 0.6) is 0 Å². The number of aryl methyl sites for hydroxylation is 5. The van der Waals surface area contributed by atoms with Crippen molar-refractivity contribution >= 4 is 11.9 Å². The fourth-order valence-electron chi connectivity index (χ4n) is 7.15. The van der Waals surface area contributed by atoms with Crippen LogP contribution in [0.15, 0.2) is 14.9 Å². The average molecular weight is 743 g/mol. The number of hydrogen-bond acceptors (Lipinski definition) is 7. The molecule has 0 spiro atoms. The van der Waals surface area contributed by atoms with Gasteiger partial charge in [-0.1, -0.05) is 117 Å². The topological polar surface area (TPSA) is 99.1 Å². The molecule has 1 N–H and O–H groups in total. The molecular weight excluding hydrogens is 664 g/mol. The quantitative estimate of drug-likeness (QED) is 0.0563. The number of hydrogen-bond donors (Lipinski definition) is 1. The molecule has 304 valence electrons. The molecule has 0 aromatic carbocycles. The molecule has 7 heteroatoms. The van der Waals surface area contributed by atoms with E-state index in [1.807, 2.05) is 0 Å². The average Bonchev–Trinajstić information content (AvgIpc) is 3.63. The molecule has 2 aromatic rings. The van der Waals surface area contributed by atoms with E-state index in [-0.39, 0.29) is 25.2 Å². The lowest BCUT2D eigenvalue weighted by atomic mass is 10.0. The highest BCUT2D eigenvalue weighted by Crippen LogP contribution is 2.25. The molecule has 0 saturated heterocycles. The van der Waals surface area contributed by atoms with Gasteiger partial charge in [0.25, 0.3) is 0 Å². The highest BCUT2D eigenvalue weighted by atomic mass is 16.6. The molecule has 0 bridgehead atoms. The molecule has 0 fully saturated rings. The summed E-state index contributed by atoms with van der Waals surface area (Å²) in [6.45, 7) is 10.5. The molecule has 0 unspecified atom stereocenters. The number of carbonyl (C=O) groups excluding carboxylic acids is 2. The molecule has 0 aliphatic heterocycles. The first kappa shape index (κ1) is 46.6. The highest BCUT2D eigenvalue weighted by molar-refractivity contribution is 5.70. The van der Waals surface area contributed by atoms with Crippen LogP contribution in [0.1, 0.15) is 208 Å². The van der Waals surface area contributed by atoms with Crippen molar-refractivity contribution in [2.75, 3.05) is 13.2 Å². The SMILES string of the molecule is CCCCCc1cc(C)c(CCCCCCCCCCCCC(=O)OC[C@H](CO)OC(=O)CCCCCCCCCCc2oc(CCC)c(C)c2C)o1. The summed E-state index contributed by atoms with van der Waals surface area (Å²) < 4.78 is 22.9. The van der Waals surface area contributed by atoms with E-state index in [4.69, 9.17) is 18.3 Å². The van der Waals surface area contributed by atoms with Crippen LogP contribution in [0.25, 0.3) is 0 Å². The number of aliphatic hydroxyl groups is 1. The van der Waals surface area contributed by atoms with Crippen molar-refractivity contribution in [3.05, 3.63) is 45.8 Å². The summed E-state index contributed by atoms with van der Waals surface area (Å²) in [5, 5.41) is 9.62. The van der Waals surface area contributed by atoms with Gasteiger partial charge < -0.3 is 23.4 Å². The Morgan fingerprint density at radius 3 is 1.57 bits per heavy atom. The number of esters is 2. The smallest absolute Gasteiger partial charge is 0.306 e. The van der Waals surface area contributed by atoms with Gasteiger partial charge in [0.1, 0.15) is 29.6 Å². The van der Waals surface area contributed by atoms with Gasteiger partial charge in [-0.15, -0.1) is 0 Å². The minimum atomic E-state index is -0.791. The number of aliphatic hydroxyl groups excluding tert-OH is 1. The van der Waals surface area contributed by atoms with E-state index < -0.39 is 6.10 Å². The lowest BCUT2D eigenvalue weighted by Gasteiger charge is -2.15. The van der Waals surface area contributed by atoms with Gasteiger partial charge in [-0.2, -0.15) is 0 Å². The van der Waals surface area contributed by atoms with E-state index in [1.54, 1.807) is 0 Å². The second kappa shape index (κ2) is 29.8. The molecule has 2 rings (SSSR count). The van der Waals surface area contributed by atoms with E-state index in [0.717, 1.165) is 82.1 Å². The molecule has 2 heterocycles. The van der Waals surface area contributed by atoms with Gasteiger partial charge in [-0.3, -0.25) is 9.59 Å². The van der Waals surface area contributed by atoms with E-state index in [0.29, 0.717) is 12.8 Å². The van der Waals surface area contributed by atoms with Crippen molar-refractivity contribution in [2.45, 2.75) is 221 Å². The van der Waals surface area contributed by atoms with Crippen LogP contribution in [-0.4, -0.2) is 36.4 Å². The van der Waals surface area contributed by atoms with E-state index in [2.05, 4.69) is 40.7 Å². The molecule has 7 nitrogen and oxygen atoms in total. The Bertz CT molecular complexity index is 1220. The zero-order chi connectivity index (χ0) is 38.5. The largest absolute Gasteiger partial charge is 0.466 e. The first-order valence-electron chi connectivity index (χ1n) is 21.9. The second-order valence-corrected chi connectivity index (χ2v) is 15.6. The van der Waals surface area contributed by atoms with Gasteiger partial charge >= 0.3 is 11.9 Å². The molecule has 0 amide bonds. The van der Waals surface area contributed by atoms with Crippen molar-refractivity contribution < 1.29 is 33.0 Å². The number of rotatable bonds is 34. The Labute approximate surface area is 323 Å².